The molecule has 1 aliphatic rings. The van der Waals surface area contributed by atoms with E-state index in [0.29, 0.717) is 5.92 Å². The summed E-state index contributed by atoms with van der Waals surface area (Å²) in [7, 11) is 4.06. The van der Waals surface area contributed by atoms with Gasteiger partial charge in [-0.1, -0.05) is 6.92 Å². The van der Waals surface area contributed by atoms with Gasteiger partial charge in [-0.2, -0.15) is 5.10 Å². The maximum absolute atomic E-state index is 6.17. The largest absolute Gasteiger partial charge is 0.394 e. The van der Waals surface area contributed by atoms with Crippen molar-refractivity contribution in [2.45, 2.75) is 26.2 Å². The second kappa shape index (κ2) is 5.61. The molecule has 0 bridgehead atoms. The van der Waals surface area contributed by atoms with Crippen LogP contribution >= 0.6 is 0 Å². The molecule has 5 heteroatoms. The molecular formula is C13H24N4O. The molecule has 0 aromatic carbocycles. The molecule has 1 aliphatic heterocycles. The maximum Gasteiger partial charge on any atom is 0.150 e. The van der Waals surface area contributed by atoms with Gasteiger partial charge in [-0.3, -0.25) is 4.68 Å². The van der Waals surface area contributed by atoms with Gasteiger partial charge in [-0.05, 0) is 25.2 Å². The highest BCUT2D eigenvalue weighted by molar-refractivity contribution is 5.66. The maximum atomic E-state index is 6.17. The van der Waals surface area contributed by atoms with Crippen molar-refractivity contribution in [1.82, 2.24) is 9.78 Å². The number of nitrogen functional groups attached to an aromatic ring is 1. The van der Waals surface area contributed by atoms with E-state index in [4.69, 9.17) is 10.5 Å². The topological polar surface area (TPSA) is 56.3 Å². The smallest absolute Gasteiger partial charge is 0.150 e. The SMILES string of the molecule is CCc1nn(C)c(N(C)CC2CCOCC2)c1N. The lowest BCUT2D eigenvalue weighted by atomic mass is 10.00. The van der Waals surface area contributed by atoms with Crippen LogP contribution in [0.5, 0.6) is 0 Å². The third kappa shape index (κ3) is 2.61. The van der Waals surface area contributed by atoms with E-state index in [9.17, 15) is 0 Å². The van der Waals surface area contributed by atoms with Crippen molar-refractivity contribution in [3.8, 4) is 0 Å². The van der Waals surface area contributed by atoms with Crippen LogP contribution < -0.4 is 10.6 Å². The second-order valence-corrected chi connectivity index (χ2v) is 5.10. The molecule has 0 saturated carbocycles. The number of nitrogens with two attached hydrogens (primary N) is 1. The zero-order valence-electron chi connectivity index (χ0n) is 11.6. The number of ether oxygens (including phenoxy) is 1. The Balaban J connectivity index is 2.07. The van der Waals surface area contributed by atoms with Gasteiger partial charge in [0, 0.05) is 33.9 Å². The highest BCUT2D eigenvalue weighted by atomic mass is 16.5. The molecule has 1 fully saturated rings. The summed E-state index contributed by atoms with van der Waals surface area (Å²) in [5, 5.41) is 4.47. The third-order valence-electron chi connectivity index (χ3n) is 3.70. The molecular weight excluding hydrogens is 228 g/mol. The van der Waals surface area contributed by atoms with Crippen molar-refractivity contribution >= 4 is 11.5 Å². The molecule has 1 aromatic heterocycles. The molecule has 0 spiro atoms. The first-order valence-electron chi connectivity index (χ1n) is 6.73. The molecule has 2 rings (SSSR count). The van der Waals surface area contributed by atoms with Crippen molar-refractivity contribution in [3.05, 3.63) is 5.69 Å². The van der Waals surface area contributed by atoms with E-state index in [-0.39, 0.29) is 0 Å². The molecule has 2 N–H and O–H groups in total. The molecule has 18 heavy (non-hydrogen) atoms. The first-order chi connectivity index (χ1) is 8.63. The summed E-state index contributed by atoms with van der Waals surface area (Å²) in [5.74, 6) is 1.74. The minimum absolute atomic E-state index is 0.697. The Morgan fingerprint density at radius 1 is 1.44 bits per heavy atom. The fourth-order valence-electron chi connectivity index (χ4n) is 2.70. The average Bonchev–Trinajstić information content (AvgIpc) is 2.65. The van der Waals surface area contributed by atoms with Crippen LogP contribution in [-0.2, 0) is 18.2 Å². The Labute approximate surface area is 109 Å². The number of hydrogen-bond donors (Lipinski definition) is 1. The zero-order valence-corrected chi connectivity index (χ0v) is 11.6. The van der Waals surface area contributed by atoms with E-state index < -0.39 is 0 Å². The van der Waals surface area contributed by atoms with Gasteiger partial charge in [0.05, 0.1) is 11.4 Å². The minimum atomic E-state index is 0.697. The van der Waals surface area contributed by atoms with Crippen LogP contribution in [0.4, 0.5) is 11.5 Å². The summed E-state index contributed by atoms with van der Waals surface area (Å²) in [6.45, 7) is 4.89. The molecule has 102 valence electrons. The standard InChI is InChI=1S/C13H24N4O/c1-4-11-12(14)13(17(3)15-11)16(2)9-10-5-7-18-8-6-10/h10H,4-9,14H2,1-3H3. The van der Waals surface area contributed by atoms with Crippen LogP contribution in [0.15, 0.2) is 0 Å². The number of hydrogen-bond acceptors (Lipinski definition) is 4. The fourth-order valence-corrected chi connectivity index (χ4v) is 2.70. The lowest BCUT2D eigenvalue weighted by Gasteiger charge is -2.28. The van der Waals surface area contributed by atoms with Gasteiger partial charge in [-0.15, -0.1) is 0 Å². The lowest BCUT2D eigenvalue weighted by molar-refractivity contribution is 0.0684. The predicted molar refractivity (Wildman–Crippen MR) is 73.8 cm³/mol. The normalized spacial score (nSPS) is 17.1. The minimum Gasteiger partial charge on any atom is -0.394 e. The molecule has 1 saturated heterocycles. The summed E-state index contributed by atoms with van der Waals surface area (Å²) in [6, 6.07) is 0. The molecule has 5 nitrogen and oxygen atoms in total. The summed E-state index contributed by atoms with van der Waals surface area (Å²) in [6.07, 6.45) is 3.16. The molecule has 1 aromatic rings. The van der Waals surface area contributed by atoms with E-state index in [1.54, 1.807) is 0 Å². The van der Waals surface area contributed by atoms with Crippen molar-refractivity contribution in [1.29, 1.82) is 0 Å². The second-order valence-electron chi connectivity index (χ2n) is 5.10. The van der Waals surface area contributed by atoms with Crippen LogP contribution in [0.2, 0.25) is 0 Å². The Morgan fingerprint density at radius 2 is 2.11 bits per heavy atom. The average molecular weight is 252 g/mol. The van der Waals surface area contributed by atoms with Crippen LogP contribution in [-0.4, -0.2) is 36.6 Å². The van der Waals surface area contributed by atoms with Gasteiger partial charge in [0.15, 0.2) is 0 Å². The number of nitrogens with zero attached hydrogens (tertiary/aromatic N) is 3. The Bertz CT molecular complexity index is 396. The molecule has 0 aliphatic carbocycles. The van der Waals surface area contributed by atoms with Gasteiger partial charge < -0.3 is 15.4 Å². The molecule has 0 unspecified atom stereocenters. The van der Waals surface area contributed by atoms with Gasteiger partial charge in [0.1, 0.15) is 5.82 Å². The first kappa shape index (κ1) is 13.2. The molecule has 0 atom stereocenters. The highest BCUT2D eigenvalue weighted by Gasteiger charge is 2.20. The highest BCUT2D eigenvalue weighted by Crippen LogP contribution is 2.27. The quantitative estimate of drug-likeness (QED) is 0.880. The number of aromatic nitrogens is 2. The van der Waals surface area contributed by atoms with E-state index in [2.05, 4.69) is 24.0 Å². The van der Waals surface area contributed by atoms with E-state index in [1.165, 1.54) is 0 Å². The van der Waals surface area contributed by atoms with Crippen LogP contribution in [0.25, 0.3) is 0 Å². The molecule has 2 heterocycles. The van der Waals surface area contributed by atoms with E-state index >= 15 is 0 Å². The molecule has 0 amide bonds. The zero-order chi connectivity index (χ0) is 13.1. The van der Waals surface area contributed by atoms with E-state index in [0.717, 1.165) is 56.2 Å². The van der Waals surface area contributed by atoms with Crippen LogP contribution in [0.3, 0.4) is 0 Å². The van der Waals surface area contributed by atoms with Crippen LogP contribution in [0, 0.1) is 5.92 Å². The Kier molecular flexibility index (Phi) is 4.11. The monoisotopic (exact) mass is 252 g/mol. The number of anilines is 2. The van der Waals surface area contributed by atoms with Crippen molar-refractivity contribution in [3.63, 3.8) is 0 Å². The Hall–Kier alpha value is -1.23. The lowest BCUT2D eigenvalue weighted by Crippen LogP contribution is -2.31. The van der Waals surface area contributed by atoms with E-state index in [1.807, 2.05) is 11.7 Å². The van der Waals surface area contributed by atoms with Crippen molar-refractivity contribution < 1.29 is 4.74 Å². The summed E-state index contributed by atoms with van der Waals surface area (Å²) >= 11 is 0. The third-order valence-corrected chi connectivity index (χ3v) is 3.70. The van der Waals surface area contributed by atoms with Gasteiger partial charge in [0.25, 0.3) is 0 Å². The molecule has 0 radical (unpaired) electrons. The number of rotatable bonds is 4. The van der Waals surface area contributed by atoms with Crippen molar-refractivity contribution in [2.24, 2.45) is 13.0 Å². The van der Waals surface area contributed by atoms with Gasteiger partial charge in [0.2, 0.25) is 0 Å². The summed E-state index contributed by atoms with van der Waals surface area (Å²) in [5.41, 5.74) is 7.99. The Morgan fingerprint density at radius 3 is 2.67 bits per heavy atom. The van der Waals surface area contributed by atoms with Gasteiger partial charge >= 0.3 is 0 Å². The number of aryl methyl sites for hydroxylation is 2. The fraction of sp³-hybridized carbons (Fsp3) is 0.769. The summed E-state index contributed by atoms with van der Waals surface area (Å²) in [4.78, 5) is 2.23. The first-order valence-corrected chi connectivity index (χ1v) is 6.73. The van der Waals surface area contributed by atoms with Crippen LogP contribution in [0.1, 0.15) is 25.5 Å². The summed E-state index contributed by atoms with van der Waals surface area (Å²) < 4.78 is 7.29. The van der Waals surface area contributed by atoms with Crippen molar-refractivity contribution in [2.75, 3.05) is 37.4 Å². The predicted octanol–water partition coefficient (Wildman–Crippen LogP) is 1.43. The van der Waals surface area contributed by atoms with Gasteiger partial charge in [-0.25, -0.2) is 0 Å².